The van der Waals surface area contributed by atoms with E-state index in [9.17, 15) is 8.42 Å². The van der Waals surface area contributed by atoms with E-state index >= 15 is 0 Å². The van der Waals surface area contributed by atoms with E-state index < -0.39 is 10.0 Å². The van der Waals surface area contributed by atoms with Crippen LogP contribution in [0.5, 0.6) is 0 Å². The van der Waals surface area contributed by atoms with Gasteiger partial charge in [-0.25, -0.2) is 18.1 Å². The summed E-state index contributed by atoms with van der Waals surface area (Å²) >= 11 is 0. The Bertz CT molecular complexity index is 681. The van der Waals surface area contributed by atoms with Gasteiger partial charge in [-0.2, -0.15) is 0 Å². The smallest absolute Gasteiger partial charge is 0.240 e. The van der Waals surface area contributed by atoms with Crippen LogP contribution in [0.4, 0.5) is 5.69 Å². The predicted molar refractivity (Wildman–Crippen MR) is 82.2 cm³/mol. The molecule has 0 radical (unpaired) electrons. The molecular formula is C14H20N4O2S. The SMILES string of the molecule is Cc1ccc(N)cc1S(=O)(=O)NCCCCn1ccnc1. The molecule has 2 rings (SSSR count). The highest BCUT2D eigenvalue weighted by Gasteiger charge is 2.16. The zero-order valence-corrected chi connectivity index (χ0v) is 12.8. The fraction of sp³-hybridized carbons (Fsp3) is 0.357. The minimum atomic E-state index is -3.50. The molecule has 114 valence electrons. The van der Waals surface area contributed by atoms with Crippen molar-refractivity contribution >= 4 is 15.7 Å². The third-order valence-electron chi connectivity index (χ3n) is 3.20. The molecule has 0 unspecified atom stereocenters. The molecule has 0 aliphatic carbocycles. The van der Waals surface area contributed by atoms with Gasteiger partial charge < -0.3 is 10.3 Å². The van der Waals surface area contributed by atoms with Crippen LogP contribution < -0.4 is 10.5 Å². The Kier molecular flexibility index (Phi) is 4.98. The van der Waals surface area contributed by atoms with Gasteiger partial charge in [0, 0.05) is 31.2 Å². The zero-order valence-electron chi connectivity index (χ0n) is 12.0. The second-order valence-electron chi connectivity index (χ2n) is 4.93. The number of hydrogen-bond donors (Lipinski definition) is 2. The molecule has 7 heteroatoms. The number of imidazole rings is 1. The van der Waals surface area contributed by atoms with E-state index in [2.05, 4.69) is 9.71 Å². The number of anilines is 1. The molecule has 0 aliphatic rings. The first-order valence-corrected chi connectivity index (χ1v) is 8.29. The Morgan fingerprint density at radius 3 is 2.86 bits per heavy atom. The number of benzene rings is 1. The van der Waals surface area contributed by atoms with Crippen LogP contribution >= 0.6 is 0 Å². The molecule has 0 spiro atoms. The van der Waals surface area contributed by atoms with Crippen LogP contribution in [-0.2, 0) is 16.6 Å². The predicted octanol–water partition coefficient (Wildman–Crippen LogP) is 1.53. The second kappa shape index (κ2) is 6.73. The van der Waals surface area contributed by atoms with Crippen LogP contribution in [0, 0.1) is 6.92 Å². The molecule has 1 aromatic heterocycles. The first-order chi connectivity index (χ1) is 9.99. The molecule has 0 amide bonds. The molecule has 0 fully saturated rings. The number of rotatable bonds is 7. The van der Waals surface area contributed by atoms with Gasteiger partial charge in [-0.1, -0.05) is 6.07 Å². The normalized spacial score (nSPS) is 11.7. The van der Waals surface area contributed by atoms with Crippen molar-refractivity contribution in [2.24, 2.45) is 0 Å². The lowest BCUT2D eigenvalue weighted by molar-refractivity contribution is 0.565. The van der Waals surface area contributed by atoms with Crippen molar-refractivity contribution in [1.82, 2.24) is 14.3 Å². The third-order valence-corrected chi connectivity index (χ3v) is 4.80. The van der Waals surface area contributed by atoms with Crippen molar-refractivity contribution in [3.8, 4) is 0 Å². The van der Waals surface area contributed by atoms with Gasteiger partial charge in [-0.15, -0.1) is 0 Å². The minimum absolute atomic E-state index is 0.247. The molecular weight excluding hydrogens is 288 g/mol. The summed E-state index contributed by atoms with van der Waals surface area (Å²) in [6.07, 6.45) is 7.01. The third kappa shape index (κ3) is 4.30. The second-order valence-corrected chi connectivity index (χ2v) is 6.67. The molecule has 0 bridgehead atoms. The summed E-state index contributed by atoms with van der Waals surface area (Å²) in [5.41, 5.74) is 6.79. The van der Waals surface area contributed by atoms with Crippen LogP contribution in [0.25, 0.3) is 0 Å². The Morgan fingerprint density at radius 1 is 1.33 bits per heavy atom. The maximum atomic E-state index is 12.2. The summed E-state index contributed by atoms with van der Waals surface area (Å²) in [7, 11) is -3.50. The number of nitrogens with two attached hydrogens (primary N) is 1. The van der Waals surface area contributed by atoms with Crippen LogP contribution in [0.1, 0.15) is 18.4 Å². The monoisotopic (exact) mass is 308 g/mol. The van der Waals surface area contributed by atoms with Crippen LogP contribution in [0.2, 0.25) is 0 Å². The Balaban J connectivity index is 1.85. The van der Waals surface area contributed by atoms with Crippen LogP contribution in [-0.4, -0.2) is 24.5 Å². The fourth-order valence-electron chi connectivity index (χ4n) is 2.03. The first kappa shape index (κ1) is 15.5. The maximum absolute atomic E-state index is 12.2. The van der Waals surface area contributed by atoms with Gasteiger partial charge in [-0.3, -0.25) is 0 Å². The number of nitrogens with zero attached hydrogens (tertiary/aromatic N) is 2. The molecule has 2 aromatic rings. The zero-order chi connectivity index (χ0) is 15.3. The van der Waals surface area contributed by atoms with Gasteiger partial charge >= 0.3 is 0 Å². The van der Waals surface area contributed by atoms with Crippen molar-refractivity contribution in [2.45, 2.75) is 31.2 Å². The highest BCUT2D eigenvalue weighted by atomic mass is 32.2. The van der Waals surface area contributed by atoms with E-state index in [1.54, 1.807) is 31.6 Å². The van der Waals surface area contributed by atoms with Crippen molar-refractivity contribution < 1.29 is 8.42 Å². The molecule has 0 aliphatic heterocycles. The lowest BCUT2D eigenvalue weighted by atomic mass is 10.2. The summed E-state index contributed by atoms with van der Waals surface area (Å²) < 4.78 is 29.0. The maximum Gasteiger partial charge on any atom is 0.240 e. The lowest BCUT2D eigenvalue weighted by Gasteiger charge is -2.10. The molecule has 1 heterocycles. The van der Waals surface area contributed by atoms with Crippen LogP contribution in [0.15, 0.2) is 41.8 Å². The Hall–Kier alpha value is -1.86. The fourth-order valence-corrected chi connectivity index (χ4v) is 3.38. The van der Waals surface area contributed by atoms with E-state index in [0.29, 0.717) is 17.8 Å². The van der Waals surface area contributed by atoms with Gasteiger partial charge in [0.15, 0.2) is 0 Å². The largest absolute Gasteiger partial charge is 0.399 e. The molecule has 1 aromatic carbocycles. The van der Waals surface area contributed by atoms with Gasteiger partial charge in [0.05, 0.1) is 11.2 Å². The van der Waals surface area contributed by atoms with Gasteiger partial charge in [0.25, 0.3) is 0 Å². The van der Waals surface area contributed by atoms with Gasteiger partial charge in [0.2, 0.25) is 10.0 Å². The summed E-state index contributed by atoms with van der Waals surface area (Å²) in [5, 5.41) is 0. The summed E-state index contributed by atoms with van der Waals surface area (Å²) in [6, 6.07) is 4.89. The number of aryl methyl sites for hydroxylation is 2. The number of unbranched alkanes of at least 4 members (excludes halogenated alkanes) is 1. The number of nitrogens with one attached hydrogen (secondary N) is 1. The molecule has 0 atom stereocenters. The number of sulfonamides is 1. The van der Waals surface area contributed by atoms with E-state index in [1.165, 1.54) is 6.07 Å². The van der Waals surface area contributed by atoms with Crippen molar-refractivity contribution in [1.29, 1.82) is 0 Å². The minimum Gasteiger partial charge on any atom is -0.399 e. The molecule has 6 nitrogen and oxygen atoms in total. The molecule has 21 heavy (non-hydrogen) atoms. The van der Waals surface area contributed by atoms with Gasteiger partial charge in [-0.05, 0) is 37.5 Å². The van der Waals surface area contributed by atoms with Gasteiger partial charge in [0.1, 0.15) is 0 Å². The average Bonchev–Trinajstić information content (AvgIpc) is 2.94. The summed E-state index contributed by atoms with van der Waals surface area (Å²) in [5.74, 6) is 0. The van der Waals surface area contributed by atoms with E-state index in [0.717, 1.165) is 19.4 Å². The standard InChI is InChI=1S/C14H20N4O2S/c1-12-4-5-13(15)10-14(12)21(19,20)17-6-2-3-8-18-9-7-16-11-18/h4-5,7,9-11,17H,2-3,6,8,15H2,1H3. The quantitative estimate of drug-likeness (QED) is 0.599. The van der Waals surface area contributed by atoms with Crippen molar-refractivity contribution in [2.75, 3.05) is 12.3 Å². The Morgan fingerprint density at radius 2 is 2.14 bits per heavy atom. The van der Waals surface area contributed by atoms with E-state index in [-0.39, 0.29) is 4.90 Å². The number of nitrogen functional groups attached to an aromatic ring is 1. The topological polar surface area (TPSA) is 90.0 Å². The molecule has 3 N–H and O–H groups in total. The number of aromatic nitrogens is 2. The van der Waals surface area contributed by atoms with E-state index in [4.69, 9.17) is 5.73 Å². The van der Waals surface area contributed by atoms with E-state index in [1.807, 2.05) is 10.8 Å². The number of hydrogen-bond acceptors (Lipinski definition) is 4. The molecule has 0 saturated heterocycles. The van der Waals surface area contributed by atoms with Crippen molar-refractivity contribution in [3.05, 3.63) is 42.5 Å². The summed E-state index contributed by atoms with van der Waals surface area (Å²) in [4.78, 5) is 4.20. The first-order valence-electron chi connectivity index (χ1n) is 6.80. The Labute approximate surface area is 125 Å². The van der Waals surface area contributed by atoms with Crippen LogP contribution in [0.3, 0.4) is 0 Å². The summed E-state index contributed by atoms with van der Waals surface area (Å²) in [6.45, 7) is 3.00. The van der Waals surface area contributed by atoms with Crippen molar-refractivity contribution in [3.63, 3.8) is 0 Å². The highest BCUT2D eigenvalue weighted by Crippen LogP contribution is 2.18. The lowest BCUT2D eigenvalue weighted by Crippen LogP contribution is -2.25. The average molecular weight is 308 g/mol. The molecule has 0 saturated carbocycles. The highest BCUT2D eigenvalue weighted by molar-refractivity contribution is 7.89.